The fraction of sp³-hybridized carbons (Fsp3) is 0.150. The van der Waals surface area contributed by atoms with Gasteiger partial charge in [-0.2, -0.15) is 0 Å². The van der Waals surface area contributed by atoms with E-state index in [0.29, 0.717) is 29.5 Å². The normalized spacial score (nSPS) is 10.3. The number of para-hydroxylation sites is 1. The van der Waals surface area contributed by atoms with E-state index in [1.165, 1.54) is 7.11 Å². The molecule has 6 nitrogen and oxygen atoms in total. The monoisotopic (exact) mass is 382 g/mol. The second kappa shape index (κ2) is 9.00. The number of ether oxygens (including phenoxy) is 1. The molecule has 2 aromatic heterocycles. The molecule has 27 heavy (non-hydrogen) atoms. The second-order valence-corrected chi connectivity index (χ2v) is 6.23. The predicted octanol–water partition coefficient (Wildman–Crippen LogP) is 4.37. The molecule has 0 saturated carbocycles. The third kappa shape index (κ3) is 4.95. The van der Waals surface area contributed by atoms with Crippen LogP contribution >= 0.6 is 11.6 Å². The molecular weight excluding hydrogens is 364 g/mol. The summed E-state index contributed by atoms with van der Waals surface area (Å²) in [4.78, 5) is 22.8. The number of hydrogen-bond donors (Lipinski definition) is 1. The van der Waals surface area contributed by atoms with Gasteiger partial charge >= 0.3 is 6.03 Å². The van der Waals surface area contributed by atoms with Crippen molar-refractivity contribution in [3.63, 3.8) is 0 Å². The minimum Gasteiger partial charge on any atom is -0.493 e. The molecule has 7 heteroatoms. The van der Waals surface area contributed by atoms with Crippen LogP contribution in [0.3, 0.4) is 0 Å². The topological polar surface area (TPSA) is 67.3 Å². The number of carbonyl (C=O) groups excluding carboxylic acids is 1. The molecule has 3 aromatic rings. The van der Waals surface area contributed by atoms with Gasteiger partial charge in [-0.3, -0.25) is 9.97 Å². The Morgan fingerprint density at radius 2 is 1.81 bits per heavy atom. The number of aromatic nitrogens is 2. The highest BCUT2D eigenvalue weighted by Gasteiger charge is 2.17. The first kappa shape index (κ1) is 18.7. The quantitative estimate of drug-likeness (QED) is 0.687. The summed E-state index contributed by atoms with van der Waals surface area (Å²) in [6.07, 6.45) is 6.85. The standard InChI is InChI=1S/C20H19ClN4O2/c1-27-19-17(21)5-2-6-18(19)24-20(26)25(13-15-7-10-22-11-8-15)14-16-4-3-9-23-12-16/h2-12H,13-14H2,1H3,(H,24,26). The Balaban J connectivity index is 1.83. The van der Waals surface area contributed by atoms with E-state index in [1.54, 1.807) is 47.9 Å². The zero-order valence-corrected chi connectivity index (χ0v) is 15.6. The van der Waals surface area contributed by atoms with Gasteiger partial charge in [0.1, 0.15) is 0 Å². The lowest BCUT2D eigenvalue weighted by molar-refractivity contribution is 0.206. The second-order valence-electron chi connectivity index (χ2n) is 5.82. The van der Waals surface area contributed by atoms with E-state index in [0.717, 1.165) is 11.1 Å². The largest absolute Gasteiger partial charge is 0.493 e. The van der Waals surface area contributed by atoms with Crippen molar-refractivity contribution in [3.8, 4) is 5.75 Å². The van der Waals surface area contributed by atoms with E-state index in [4.69, 9.17) is 16.3 Å². The number of nitrogens with one attached hydrogen (secondary N) is 1. The molecule has 0 atom stereocenters. The van der Waals surface area contributed by atoms with Gasteiger partial charge in [0, 0.05) is 37.9 Å². The molecule has 138 valence electrons. The summed E-state index contributed by atoms with van der Waals surface area (Å²) in [5.41, 5.74) is 2.42. The summed E-state index contributed by atoms with van der Waals surface area (Å²) >= 11 is 6.15. The minimum atomic E-state index is -0.267. The Bertz CT molecular complexity index is 849. The summed E-state index contributed by atoms with van der Waals surface area (Å²) < 4.78 is 5.31. The molecule has 0 fully saturated rings. The van der Waals surface area contributed by atoms with Crippen LogP contribution < -0.4 is 10.1 Å². The molecule has 1 N–H and O–H groups in total. The lowest BCUT2D eigenvalue weighted by atomic mass is 10.2. The van der Waals surface area contributed by atoms with Gasteiger partial charge in [0.25, 0.3) is 0 Å². The fourth-order valence-electron chi connectivity index (χ4n) is 2.63. The first-order chi connectivity index (χ1) is 13.2. The number of anilines is 1. The van der Waals surface area contributed by atoms with Crippen molar-refractivity contribution in [3.05, 3.63) is 83.4 Å². The molecule has 0 aliphatic rings. The Labute approximate surface area is 162 Å². The number of halogens is 1. The van der Waals surface area contributed by atoms with Gasteiger partial charge in [-0.1, -0.05) is 23.7 Å². The first-order valence-electron chi connectivity index (χ1n) is 8.33. The van der Waals surface area contributed by atoms with Gasteiger partial charge in [-0.15, -0.1) is 0 Å². The molecule has 0 saturated heterocycles. The van der Waals surface area contributed by atoms with Crippen LogP contribution in [0.1, 0.15) is 11.1 Å². The maximum Gasteiger partial charge on any atom is 0.322 e. The zero-order valence-electron chi connectivity index (χ0n) is 14.8. The number of benzene rings is 1. The molecule has 2 amide bonds. The third-order valence-electron chi connectivity index (χ3n) is 3.92. The van der Waals surface area contributed by atoms with Gasteiger partial charge in [0.2, 0.25) is 0 Å². The SMILES string of the molecule is COc1c(Cl)cccc1NC(=O)N(Cc1ccncc1)Cc1cccnc1. The van der Waals surface area contributed by atoms with Crippen LogP contribution in [0.2, 0.25) is 5.02 Å². The zero-order chi connectivity index (χ0) is 19.1. The Morgan fingerprint density at radius 3 is 2.52 bits per heavy atom. The fourth-order valence-corrected chi connectivity index (χ4v) is 2.88. The highest BCUT2D eigenvalue weighted by molar-refractivity contribution is 6.32. The predicted molar refractivity (Wildman–Crippen MR) is 105 cm³/mol. The van der Waals surface area contributed by atoms with Crippen molar-refractivity contribution in [2.45, 2.75) is 13.1 Å². The molecule has 0 unspecified atom stereocenters. The number of nitrogens with zero attached hydrogens (tertiary/aromatic N) is 3. The Morgan fingerprint density at radius 1 is 1.04 bits per heavy atom. The lowest BCUT2D eigenvalue weighted by Gasteiger charge is -2.24. The van der Waals surface area contributed by atoms with E-state index < -0.39 is 0 Å². The number of urea groups is 1. The van der Waals surface area contributed by atoms with Gasteiger partial charge in [-0.25, -0.2) is 4.79 Å². The summed E-state index contributed by atoms with van der Waals surface area (Å²) in [5, 5.41) is 3.32. The third-order valence-corrected chi connectivity index (χ3v) is 4.22. The number of carbonyl (C=O) groups is 1. The molecule has 0 bridgehead atoms. The number of pyridine rings is 2. The van der Waals surface area contributed by atoms with Gasteiger partial charge < -0.3 is 15.0 Å². The average Bonchev–Trinajstić information content (AvgIpc) is 2.69. The summed E-state index contributed by atoms with van der Waals surface area (Å²) in [7, 11) is 1.52. The van der Waals surface area contributed by atoms with Gasteiger partial charge in [-0.05, 0) is 41.5 Å². The Kier molecular flexibility index (Phi) is 6.22. The van der Waals surface area contributed by atoms with E-state index in [2.05, 4.69) is 15.3 Å². The number of methoxy groups -OCH3 is 1. The van der Waals surface area contributed by atoms with E-state index in [1.807, 2.05) is 24.3 Å². The molecule has 0 aliphatic heterocycles. The molecule has 0 aliphatic carbocycles. The minimum absolute atomic E-state index is 0.267. The van der Waals surface area contributed by atoms with Crippen molar-refractivity contribution in [1.29, 1.82) is 0 Å². The molecule has 0 spiro atoms. The Hall–Kier alpha value is -3.12. The maximum atomic E-state index is 13.0. The van der Waals surface area contributed by atoms with Crippen LogP contribution in [-0.4, -0.2) is 28.0 Å². The molecule has 0 radical (unpaired) electrons. The van der Waals surface area contributed by atoms with Crippen LogP contribution in [0.15, 0.2) is 67.3 Å². The van der Waals surface area contributed by atoms with Crippen LogP contribution in [0.5, 0.6) is 5.75 Å². The summed E-state index contributed by atoms with van der Waals surface area (Å²) in [5.74, 6) is 0.428. The molecule has 3 rings (SSSR count). The summed E-state index contributed by atoms with van der Waals surface area (Å²) in [6.45, 7) is 0.830. The molecule has 2 heterocycles. The number of rotatable bonds is 6. The average molecular weight is 383 g/mol. The van der Waals surface area contributed by atoms with Crippen molar-refractivity contribution in [2.24, 2.45) is 0 Å². The van der Waals surface area contributed by atoms with Crippen molar-refractivity contribution < 1.29 is 9.53 Å². The maximum absolute atomic E-state index is 13.0. The summed E-state index contributed by atoms with van der Waals surface area (Å²) in [6, 6.07) is 12.5. The van der Waals surface area contributed by atoms with E-state index >= 15 is 0 Å². The lowest BCUT2D eigenvalue weighted by Crippen LogP contribution is -2.34. The van der Waals surface area contributed by atoms with Crippen LogP contribution in [0.25, 0.3) is 0 Å². The van der Waals surface area contributed by atoms with Crippen molar-refractivity contribution in [1.82, 2.24) is 14.9 Å². The van der Waals surface area contributed by atoms with Gasteiger partial charge in [0.05, 0.1) is 17.8 Å². The van der Waals surface area contributed by atoms with E-state index in [9.17, 15) is 4.79 Å². The van der Waals surface area contributed by atoms with Crippen LogP contribution in [0.4, 0.5) is 10.5 Å². The highest BCUT2D eigenvalue weighted by Crippen LogP contribution is 2.32. The number of amides is 2. The van der Waals surface area contributed by atoms with E-state index in [-0.39, 0.29) is 6.03 Å². The van der Waals surface area contributed by atoms with Crippen LogP contribution in [0, 0.1) is 0 Å². The highest BCUT2D eigenvalue weighted by atomic mass is 35.5. The first-order valence-corrected chi connectivity index (χ1v) is 8.71. The molecule has 1 aromatic carbocycles. The van der Waals surface area contributed by atoms with Crippen LogP contribution in [-0.2, 0) is 13.1 Å². The van der Waals surface area contributed by atoms with Crippen molar-refractivity contribution in [2.75, 3.05) is 12.4 Å². The smallest absolute Gasteiger partial charge is 0.322 e. The number of hydrogen-bond acceptors (Lipinski definition) is 4. The van der Waals surface area contributed by atoms with Crippen molar-refractivity contribution >= 4 is 23.3 Å². The molecular formula is C20H19ClN4O2. The van der Waals surface area contributed by atoms with Gasteiger partial charge in [0.15, 0.2) is 5.75 Å².